The van der Waals surface area contributed by atoms with Gasteiger partial charge in [0, 0.05) is 43.6 Å². The zero-order chi connectivity index (χ0) is 26.2. The standard InChI is InChI=1S/C23H35N3O8S/c1-10(2)32-23(31)34-13(5)33-22(30)18-19(11(3)17-16(12(4)27)21(29)26(17)18)35-14-8-15(24-9-14)20(28)25(6)7/h10-17,24,27H,8-9H2,1-7H3/t11-,12-,13?,14+,15+,16-,17-/m1/s1. The molecule has 35 heavy (non-hydrogen) atoms. The molecule has 0 saturated carbocycles. The van der Waals surface area contributed by atoms with Crippen LogP contribution in [0.4, 0.5) is 4.79 Å². The molecule has 0 bridgehead atoms. The minimum atomic E-state index is -1.24. The molecule has 3 aliphatic heterocycles. The van der Waals surface area contributed by atoms with Gasteiger partial charge in [0.25, 0.3) is 0 Å². The van der Waals surface area contributed by atoms with E-state index in [-0.39, 0.29) is 40.8 Å². The fraction of sp³-hybridized carbons (Fsp3) is 0.739. The molecule has 2 N–H and O–H groups in total. The number of hydrogen-bond acceptors (Lipinski definition) is 10. The topological polar surface area (TPSA) is 135 Å². The van der Waals surface area contributed by atoms with Crippen LogP contribution in [-0.4, -0.2) is 95.3 Å². The number of thioether (sulfide) groups is 1. The Morgan fingerprint density at radius 1 is 1.14 bits per heavy atom. The van der Waals surface area contributed by atoms with E-state index in [1.54, 1.807) is 34.9 Å². The molecule has 0 radical (unpaired) electrons. The smallest absolute Gasteiger partial charge is 0.431 e. The highest BCUT2D eigenvalue weighted by Gasteiger charge is 2.60. The molecule has 11 nitrogen and oxygen atoms in total. The minimum Gasteiger partial charge on any atom is -0.431 e. The molecule has 3 rings (SSSR count). The van der Waals surface area contributed by atoms with Crippen molar-refractivity contribution in [1.82, 2.24) is 15.1 Å². The molecule has 0 spiro atoms. The van der Waals surface area contributed by atoms with Gasteiger partial charge >= 0.3 is 12.1 Å². The van der Waals surface area contributed by atoms with Crippen molar-refractivity contribution in [2.45, 2.75) is 76.9 Å². The molecule has 3 aliphatic rings. The fourth-order valence-electron chi connectivity index (χ4n) is 4.73. The van der Waals surface area contributed by atoms with Crippen LogP contribution in [0.5, 0.6) is 0 Å². The molecule has 7 atom stereocenters. The fourth-order valence-corrected chi connectivity index (χ4v) is 6.20. The van der Waals surface area contributed by atoms with E-state index in [0.717, 1.165) is 0 Å². The van der Waals surface area contributed by atoms with Gasteiger partial charge in [0.05, 0.1) is 30.2 Å². The predicted octanol–water partition coefficient (Wildman–Crippen LogP) is 1.06. The molecule has 0 aromatic carbocycles. The van der Waals surface area contributed by atoms with Gasteiger partial charge in [-0.25, -0.2) is 9.59 Å². The lowest BCUT2D eigenvalue weighted by Crippen LogP contribution is -2.63. The van der Waals surface area contributed by atoms with Crippen LogP contribution in [0.3, 0.4) is 0 Å². The van der Waals surface area contributed by atoms with Crippen LogP contribution >= 0.6 is 11.8 Å². The summed E-state index contributed by atoms with van der Waals surface area (Å²) in [6, 6.07) is -0.692. The van der Waals surface area contributed by atoms with Gasteiger partial charge in [-0.3, -0.25) is 9.59 Å². The molecule has 12 heteroatoms. The van der Waals surface area contributed by atoms with Crippen LogP contribution in [0.2, 0.25) is 0 Å². The molecule has 0 aliphatic carbocycles. The maximum Gasteiger partial charge on any atom is 0.511 e. The second-order valence-electron chi connectivity index (χ2n) is 9.64. The first-order valence-corrected chi connectivity index (χ1v) is 12.7. The Bertz CT molecular complexity index is 905. The summed E-state index contributed by atoms with van der Waals surface area (Å²) in [5.41, 5.74) is 0.101. The average molecular weight is 514 g/mol. The Balaban J connectivity index is 1.79. The highest BCUT2D eigenvalue weighted by molar-refractivity contribution is 8.03. The summed E-state index contributed by atoms with van der Waals surface area (Å²) in [6.45, 7) is 8.74. The van der Waals surface area contributed by atoms with E-state index in [0.29, 0.717) is 17.9 Å². The number of likely N-dealkylation sites (N-methyl/N-ethyl adjacent to an activating group) is 1. The van der Waals surface area contributed by atoms with Gasteiger partial charge in [-0.15, -0.1) is 11.8 Å². The van der Waals surface area contributed by atoms with Crippen LogP contribution < -0.4 is 5.32 Å². The first-order chi connectivity index (χ1) is 16.3. The van der Waals surface area contributed by atoms with Crippen LogP contribution in [0, 0.1) is 11.8 Å². The molecule has 3 heterocycles. The number of amides is 2. The lowest BCUT2D eigenvalue weighted by Gasteiger charge is -2.46. The maximum absolute atomic E-state index is 13.2. The lowest BCUT2D eigenvalue weighted by molar-refractivity contribution is -0.174. The van der Waals surface area contributed by atoms with Crippen molar-refractivity contribution in [2.75, 3.05) is 20.6 Å². The average Bonchev–Trinajstić information content (AvgIpc) is 3.28. The van der Waals surface area contributed by atoms with Crippen LogP contribution in [0.25, 0.3) is 0 Å². The summed E-state index contributed by atoms with van der Waals surface area (Å²) in [7, 11) is 3.40. The first-order valence-electron chi connectivity index (χ1n) is 11.8. The molecular weight excluding hydrogens is 478 g/mol. The van der Waals surface area contributed by atoms with Crippen molar-refractivity contribution in [3.63, 3.8) is 0 Å². The molecule has 196 valence electrons. The summed E-state index contributed by atoms with van der Waals surface area (Å²) in [4.78, 5) is 53.8. The second-order valence-corrected chi connectivity index (χ2v) is 11.0. The SMILES string of the molecule is CC(C)OC(=O)OC(C)OC(=O)C1=C(S[C@@H]2CN[C@H](C(=O)N(C)C)C2)[C@H](C)[C@@H]2[C@@H]([C@@H](C)O)C(=O)N12. The Morgan fingerprint density at radius 3 is 2.37 bits per heavy atom. The number of fused-ring (bicyclic) bond motifs is 1. The number of nitrogens with zero attached hydrogens (tertiary/aromatic N) is 2. The quantitative estimate of drug-likeness (QED) is 0.276. The number of ether oxygens (including phenoxy) is 3. The largest absolute Gasteiger partial charge is 0.511 e. The Labute approximate surface area is 209 Å². The highest BCUT2D eigenvalue weighted by Crippen LogP contribution is 2.52. The molecule has 2 fully saturated rings. The van der Waals surface area contributed by atoms with Crippen molar-refractivity contribution >= 4 is 35.7 Å². The van der Waals surface area contributed by atoms with Gasteiger partial charge in [-0.05, 0) is 27.2 Å². The molecule has 0 aromatic heterocycles. The van der Waals surface area contributed by atoms with E-state index < -0.39 is 36.5 Å². The van der Waals surface area contributed by atoms with E-state index >= 15 is 0 Å². The summed E-state index contributed by atoms with van der Waals surface area (Å²) in [6.07, 6.45) is -2.90. The number of carbonyl (C=O) groups is 4. The van der Waals surface area contributed by atoms with Crippen molar-refractivity contribution in [3.8, 4) is 0 Å². The first kappa shape index (κ1) is 27.3. The zero-order valence-corrected chi connectivity index (χ0v) is 22.0. The normalized spacial score (nSPS) is 29.5. The van der Waals surface area contributed by atoms with E-state index in [4.69, 9.17) is 14.2 Å². The van der Waals surface area contributed by atoms with Crippen molar-refractivity contribution in [3.05, 3.63) is 10.6 Å². The molecular formula is C23H35N3O8S. The monoisotopic (exact) mass is 513 g/mol. The summed E-state index contributed by atoms with van der Waals surface area (Å²) in [5, 5.41) is 13.4. The van der Waals surface area contributed by atoms with Gasteiger partial charge in [-0.1, -0.05) is 6.92 Å². The maximum atomic E-state index is 13.2. The molecule has 2 amide bonds. The van der Waals surface area contributed by atoms with E-state index in [9.17, 15) is 24.3 Å². The third kappa shape index (κ3) is 5.59. The third-order valence-corrected chi connectivity index (χ3v) is 7.80. The van der Waals surface area contributed by atoms with Crippen LogP contribution in [-0.2, 0) is 28.6 Å². The van der Waals surface area contributed by atoms with Gasteiger partial charge in [0.15, 0.2) is 0 Å². The number of nitrogens with one attached hydrogen (secondary N) is 1. The zero-order valence-electron chi connectivity index (χ0n) is 21.1. The van der Waals surface area contributed by atoms with Gasteiger partial charge in [0.2, 0.25) is 18.1 Å². The minimum absolute atomic E-state index is 0.00218. The highest BCUT2D eigenvalue weighted by atomic mass is 32.2. The van der Waals surface area contributed by atoms with Gasteiger partial charge < -0.3 is 34.4 Å². The molecule has 2 saturated heterocycles. The number of rotatable bonds is 8. The number of hydrogen-bond donors (Lipinski definition) is 2. The summed E-state index contributed by atoms with van der Waals surface area (Å²) >= 11 is 1.44. The van der Waals surface area contributed by atoms with E-state index in [1.165, 1.54) is 28.5 Å². The van der Waals surface area contributed by atoms with Gasteiger partial charge in [-0.2, -0.15) is 0 Å². The van der Waals surface area contributed by atoms with Crippen molar-refractivity contribution in [1.29, 1.82) is 0 Å². The van der Waals surface area contributed by atoms with Crippen molar-refractivity contribution < 1.29 is 38.5 Å². The summed E-state index contributed by atoms with van der Waals surface area (Å²) < 4.78 is 15.2. The number of β-lactam (4-membered cyclic amide) rings is 1. The Morgan fingerprint density at radius 2 is 1.80 bits per heavy atom. The van der Waals surface area contributed by atoms with E-state index in [2.05, 4.69) is 5.32 Å². The van der Waals surface area contributed by atoms with Gasteiger partial charge in [0.1, 0.15) is 5.70 Å². The Hall–Kier alpha value is -2.31. The number of carbonyl (C=O) groups excluding carboxylic acids is 4. The van der Waals surface area contributed by atoms with Crippen LogP contribution in [0.1, 0.15) is 41.0 Å². The molecule has 1 unspecified atom stereocenters. The summed E-state index contributed by atoms with van der Waals surface area (Å²) in [5.74, 6) is -2.00. The number of esters is 1. The second kappa shape index (κ2) is 10.8. The van der Waals surface area contributed by atoms with E-state index in [1.807, 2.05) is 6.92 Å². The lowest BCUT2D eigenvalue weighted by atomic mass is 9.79. The van der Waals surface area contributed by atoms with Crippen LogP contribution in [0.15, 0.2) is 10.6 Å². The third-order valence-electron chi connectivity index (χ3n) is 6.29. The Kier molecular flexibility index (Phi) is 8.38. The number of aliphatic hydroxyl groups is 1. The molecule has 0 aromatic rings. The number of aliphatic hydroxyl groups excluding tert-OH is 1. The predicted molar refractivity (Wildman–Crippen MR) is 127 cm³/mol. The van der Waals surface area contributed by atoms with Crippen molar-refractivity contribution in [2.24, 2.45) is 11.8 Å².